The fourth-order valence-electron chi connectivity index (χ4n) is 1.70. The SMILES string of the molecule is CC(C)Cc1sc(-c2ccc(O)cc2)nc1C=O. The molecule has 94 valence electrons. The van der Waals surface area contributed by atoms with Gasteiger partial charge in [-0.05, 0) is 36.6 Å². The van der Waals surface area contributed by atoms with E-state index in [-0.39, 0.29) is 5.75 Å². The summed E-state index contributed by atoms with van der Waals surface area (Å²) in [5.74, 6) is 0.727. The predicted molar refractivity (Wildman–Crippen MR) is 73.1 cm³/mol. The number of phenols is 1. The van der Waals surface area contributed by atoms with Crippen LogP contribution in [0.4, 0.5) is 0 Å². The summed E-state index contributed by atoms with van der Waals surface area (Å²) in [7, 11) is 0. The van der Waals surface area contributed by atoms with E-state index in [1.54, 1.807) is 23.5 Å². The highest BCUT2D eigenvalue weighted by Gasteiger charge is 2.13. The Hall–Kier alpha value is -1.68. The van der Waals surface area contributed by atoms with Crippen LogP contribution in [-0.4, -0.2) is 16.4 Å². The van der Waals surface area contributed by atoms with Crippen molar-refractivity contribution in [2.45, 2.75) is 20.3 Å². The lowest BCUT2D eigenvalue weighted by Gasteiger charge is -2.00. The fraction of sp³-hybridized carbons (Fsp3) is 0.286. The molecule has 0 spiro atoms. The number of carbonyl (C=O) groups excluding carboxylic acids is 1. The number of aldehydes is 1. The van der Waals surface area contributed by atoms with Gasteiger partial charge in [0, 0.05) is 10.4 Å². The number of aromatic nitrogens is 1. The Bertz CT molecular complexity index is 543. The van der Waals surface area contributed by atoms with Crippen molar-refractivity contribution in [2.24, 2.45) is 5.92 Å². The van der Waals surface area contributed by atoms with Gasteiger partial charge in [-0.15, -0.1) is 11.3 Å². The lowest BCUT2D eigenvalue weighted by atomic mass is 10.1. The van der Waals surface area contributed by atoms with Crippen molar-refractivity contribution in [3.63, 3.8) is 0 Å². The van der Waals surface area contributed by atoms with Crippen molar-refractivity contribution < 1.29 is 9.90 Å². The Kier molecular flexibility index (Phi) is 3.77. The van der Waals surface area contributed by atoms with Gasteiger partial charge in [-0.2, -0.15) is 0 Å². The molecule has 2 rings (SSSR count). The fourth-order valence-corrected chi connectivity index (χ4v) is 2.95. The van der Waals surface area contributed by atoms with Gasteiger partial charge >= 0.3 is 0 Å². The zero-order valence-corrected chi connectivity index (χ0v) is 11.2. The van der Waals surface area contributed by atoms with Crippen LogP contribution in [0.25, 0.3) is 10.6 Å². The minimum atomic E-state index is 0.230. The number of hydrogen-bond donors (Lipinski definition) is 1. The zero-order valence-electron chi connectivity index (χ0n) is 10.4. The van der Waals surface area contributed by atoms with Gasteiger partial charge in [0.1, 0.15) is 16.5 Å². The third kappa shape index (κ3) is 2.76. The molecule has 1 aromatic carbocycles. The summed E-state index contributed by atoms with van der Waals surface area (Å²) in [6, 6.07) is 6.86. The number of aromatic hydroxyl groups is 1. The second-order valence-corrected chi connectivity index (χ2v) is 5.67. The number of phenolic OH excluding ortho intramolecular Hbond substituents is 1. The van der Waals surface area contributed by atoms with Gasteiger partial charge in [-0.25, -0.2) is 4.98 Å². The Morgan fingerprint density at radius 3 is 2.56 bits per heavy atom. The molecule has 0 aliphatic heterocycles. The minimum Gasteiger partial charge on any atom is -0.508 e. The molecule has 0 aliphatic rings. The monoisotopic (exact) mass is 261 g/mol. The topological polar surface area (TPSA) is 50.2 Å². The van der Waals surface area contributed by atoms with Crippen molar-refractivity contribution in [2.75, 3.05) is 0 Å². The molecule has 0 saturated carbocycles. The molecule has 0 amide bonds. The van der Waals surface area contributed by atoms with Gasteiger partial charge in [0.25, 0.3) is 0 Å². The Morgan fingerprint density at radius 2 is 2.00 bits per heavy atom. The van der Waals surface area contributed by atoms with Gasteiger partial charge in [0.2, 0.25) is 0 Å². The summed E-state index contributed by atoms with van der Waals surface area (Å²) in [5.41, 5.74) is 1.47. The predicted octanol–water partition coefficient (Wildman–Crippen LogP) is 3.53. The van der Waals surface area contributed by atoms with E-state index in [1.807, 2.05) is 12.1 Å². The molecule has 0 fully saturated rings. The van der Waals surface area contributed by atoms with Gasteiger partial charge in [0.05, 0.1) is 0 Å². The average molecular weight is 261 g/mol. The summed E-state index contributed by atoms with van der Waals surface area (Å²) in [5, 5.41) is 10.1. The Balaban J connectivity index is 2.37. The van der Waals surface area contributed by atoms with E-state index in [0.717, 1.165) is 28.2 Å². The normalized spacial score (nSPS) is 10.8. The van der Waals surface area contributed by atoms with Crippen LogP contribution in [0, 0.1) is 5.92 Å². The van der Waals surface area contributed by atoms with Crippen LogP contribution in [0.15, 0.2) is 24.3 Å². The molecule has 4 heteroatoms. The molecule has 0 bridgehead atoms. The van der Waals surface area contributed by atoms with Crippen molar-refractivity contribution in [1.29, 1.82) is 0 Å². The van der Waals surface area contributed by atoms with Crippen LogP contribution in [-0.2, 0) is 6.42 Å². The molecular weight excluding hydrogens is 246 g/mol. The number of thiazole rings is 1. The highest BCUT2D eigenvalue weighted by molar-refractivity contribution is 7.15. The summed E-state index contributed by atoms with van der Waals surface area (Å²) in [4.78, 5) is 16.4. The maximum Gasteiger partial charge on any atom is 0.169 e. The molecule has 18 heavy (non-hydrogen) atoms. The van der Waals surface area contributed by atoms with E-state index in [2.05, 4.69) is 18.8 Å². The molecule has 0 saturated heterocycles. The first-order valence-corrected chi connectivity index (χ1v) is 6.66. The van der Waals surface area contributed by atoms with Crippen LogP contribution in [0.3, 0.4) is 0 Å². The minimum absolute atomic E-state index is 0.230. The lowest BCUT2D eigenvalue weighted by Crippen LogP contribution is -1.95. The van der Waals surface area contributed by atoms with Crippen LogP contribution in [0.5, 0.6) is 5.75 Å². The molecular formula is C14H15NO2S. The summed E-state index contributed by atoms with van der Waals surface area (Å²) in [6.07, 6.45) is 1.68. The molecule has 0 radical (unpaired) electrons. The summed E-state index contributed by atoms with van der Waals surface area (Å²) in [6.45, 7) is 4.24. The van der Waals surface area contributed by atoms with E-state index in [0.29, 0.717) is 11.6 Å². The summed E-state index contributed by atoms with van der Waals surface area (Å²) >= 11 is 1.55. The van der Waals surface area contributed by atoms with Crippen molar-refractivity contribution in [1.82, 2.24) is 4.98 Å². The number of rotatable bonds is 4. The van der Waals surface area contributed by atoms with Gasteiger partial charge in [-0.3, -0.25) is 4.79 Å². The van der Waals surface area contributed by atoms with Crippen LogP contribution in [0.1, 0.15) is 29.2 Å². The lowest BCUT2D eigenvalue weighted by molar-refractivity contribution is 0.111. The molecule has 1 heterocycles. The van der Waals surface area contributed by atoms with Gasteiger partial charge < -0.3 is 5.11 Å². The highest BCUT2D eigenvalue weighted by atomic mass is 32.1. The third-order valence-corrected chi connectivity index (χ3v) is 3.69. The van der Waals surface area contributed by atoms with Crippen LogP contribution < -0.4 is 0 Å². The van der Waals surface area contributed by atoms with E-state index in [4.69, 9.17) is 0 Å². The van der Waals surface area contributed by atoms with E-state index in [1.165, 1.54) is 0 Å². The van der Waals surface area contributed by atoms with Crippen molar-refractivity contribution >= 4 is 17.6 Å². The number of carbonyl (C=O) groups is 1. The van der Waals surface area contributed by atoms with Gasteiger partial charge in [0.15, 0.2) is 6.29 Å². The molecule has 1 aromatic heterocycles. The van der Waals surface area contributed by atoms with Gasteiger partial charge in [-0.1, -0.05) is 13.8 Å². The molecule has 2 aromatic rings. The quantitative estimate of drug-likeness (QED) is 0.857. The first-order chi connectivity index (χ1) is 8.60. The van der Waals surface area contributed by atoms with E-state index in [9.17, 15) is 9.90 Å². The molecule has 0 unspecified atom stereocenters. The van der Waals surface area contributed by atoms with Crippen LogP contribution >= 0.6 is 11.3 Å². The summed E-state index contributed by atoms with van der Waals surface area (Å²) < 4.78 is 0. The second-order valence-electron chi connectivity index (χ2n) is 4.59. The maximum absolute atomic E-state index is 11.0. The third-order valence-electron chi connectivity index (χ3n) is 2.55. The number of nitrogens with zero attached hydrogens (tertiary/aromatic N) is 1. The molecule has 3 nitrogen and oxygen atoms in total. The molecule has 0 aliphatic carbocycles. The van der Waals surface area contributed by atoms with Crippen molar-refractivity contribution in [3.8, 4) is 16.3 Å². The molecule has 1 N–H and O–H groups in total. The average Bonchev–Trinajstić information content (AvgIpc) is 2.72. The maximum atomic E-state index is 11.0. The highest BCUT2D eigenvalue weighted by Crippen LogP contribution is 2.30. The zero-order chi connectivity index (χ0) is 13.1. The van der Waals surface area contributed by atoms with E-state index >= 15 is 0 Å². The smallest absolute Gasteiger partial charge is 0.169 e. The number of benzene rings is 1. The Morgan fingerprint density at radius 1 is 1.33 bits per heavy atom. The van der Waals surface area contributed by atoms with E-state index < -0.39 is 0 Å². The molecule has 0 atom stereocenters. The standard InChI is InChI=1S/C14H15NO2S/c1-9(2)7-13-12(8-16)15-14(18-13)10-3-5-11(17)6-4-10/h3-6,8-9,17H,7H2,1-2H3. The van der Waals surface area contributed by atoms with Crippen LogP contribution in [0.2, 0.25) is 0 Å². The number of hydrogen-bond acceptors (Lipinski definition) is 4. The first-order valence-electron chi connectivity index (χ1n) is 5.84. The largest absolute Gasteiger partial charge is 0.508 e. The first kappa shape index (κ1) is 12.8. The Labute approximate surface area is 110 Å². The van der Waals surface area contributed by atoms with Crippen molar-refractivity contribution in [3.05, 3.63) is 34.8 Å². The second kappa shape index (κ2) is 5.31.